The molecule has 1 fully saturated rings. The summed E-state index contributed by atoms with van der Waals surface area (Å²) in [6, 6.07) is 12.6. The van der Waals surface area contributed by atoms with Crippen molar-refractivity contribution < 1.29 is 27.0 Å². The van der Waals surface area contributed by atoms with Gasteiger partial charge in [-0.2, -0.15) is 8.42 Å². The van der Waals surface area contributed by atoms with Gasteiger partial charge in [-0.15, -0.1) is 0 Å². The lowest BCUT2D eigenvalue weighted by molar-refractivity contribution is -0.122. The molecular weight excluding hydrogens is 574 g/mol. The number of halogens is 4. The van der Waals surface area contributed by atoms with Crippen LogP contribution in [-0.2, 0) is 19.7 Å². The molecule has 0 bridgehead atoms. The Hall–Kier alpha value is -3.08. The summed E-state index contributed by atoms with van der Waals surface area (Å²) in [4.78, 5) is 38.3. The van der Waals surface area contributed by atoms with E-state index in [1.165, 1.54) is 60.7 Å². The fourth-order valence-electron chi connectivity index (χ4n) is 3.15. The number of urea groups is 1. The van der Waals surface area contributed by atoms with E-state index in [4.69, 9.17) is 50.6 Å². The highest BCUT2D eigenvalue weighted by Crippen LogP contribution is 2.37. The second-order valence-electron chi connectivity index (χ2n) is 7.24. The normalized spacial score (nSPS) is 15.3. The minimum Gasteiger partial charge on any atom is -0.376 e. The SMILES string of the molecule is O=C1NC(=O)N(c2ccc(Cl)cc2)C(=O)/C1=C/c1cc(Cl)c(OS(=O)(=O)c2ccc(Cl)cc2)c(Cl)c1. The molecule has 184 valence electrons. The van der Waals surface area contributed by atoms with Crippen LogP contribution in [0.4, 0.5) is 10.5 Å². The first-order valence-corrected chi connectivity index (χ1v) is 12.7. The van der Waals surface area contributed by atoms with Crippen molar-refractivity contribution in [1.29, 1.82) is 0 Å². The summed E-state index contributed by atoms with van der Waals surface area (Å²) in [5.41, 5.74) is -0.0307. The largest absolute Gasteiger partial charge is 0.376 e. The maximum Gasteiger partial charge on any atom is 0.339 e. The van der Waals surface area contributed by atoms with Crippen LogP contribution in [-0.4, -0.2) is 26.3 Å². The van der Waals surface area contributed by atoms with Crippen LogP contribution in [0.15, 0.2) is 71.1 Å². The number of carbonyl (C=O) groups excluding carboxylic acids is 3. The van der Waals surface area contributed by atoms with E-state index in [2.05, 4.69) is 5.32 Å². The predicted octanol–water partition coefficient (Wildman–Crippen LogP) is 5.73. The minimum absolute atomic E-state index is 0.171. The molecule has 0 spiro atoms. The lowest BCUT2D eigenvalue weighted by Crippen LogP contribution is -2.54. The second-order valence-corrected chi connectivity index (χ2v) is 10.5. The van der Waals surface area contributed by atoms with Gasteiger partial charge in [-0.1, -0.05) is 46.4 Å². The smallest absolute Gasteiger partial charge is 0.339 e. The maximum atomic E-state index is 13.0. The first-order valence-electron chi connectivity index (χ1n) is 9.82. The van der Waals surface area contributed by atoms with Crippen molar-refractivity contribution >= 4 is 86.1 Å². The van der Waals surface area contributed by atoms with E-state index in [1.807, 2.05) is 0 Å². The molecule has 4 rings (SSSR count). The summed E-state index contributed by atoms with van der Waals surface area (Å²) in [6.45, 7) is 0. The molecule has 13 heteroatoms. The molecule has 8 nitrogen and oxygen atoms in total. The van der Waals surface area contributed by atoms with E-state index in [1.54, 1.807) is 0 Å². The molecule has 1 heterocycles. The van der Waals surface area contributed by atoms with Crippen molar-refractivity contribution in [1.82, 2.24) is 5.32 Å². The van der Waals surface area contributed by atoms with E-state index < -0.39 is 28.0 Å². The van der Waals surface area contributed by atoms with Gasteiger partial charge in [-0.25, -0.2) is 9.69 Å². The number of nitrogens with one attached hydrogen (secondary N) is 1. The van der Waals surface area contributed by atoms with Crippen LogP contribution >= 0.6 is 46.4 Å². The van der Waals surface area contributed by atoms with E-state index in [0.29, 0.717) is 10.0 Å². The van der Waals surface area contributed by atoms with Crippen molar-refractivity contribution in [2.45, 2.75) is 4.90 Å². The van der Waals surface area contributed by atoms with Gasteiger partial charge in [0.1, 0.15) is 10.5 Å². The number of rotatable bonds is 5. The highest BCUT2D eigenvalue weighted by atomic mass is 35.5. The summed E-state index contributed by atoms with van der Waals surface area (Å²) in [6.07, 6.45) is 1.16. The molecule has 1 saturated heterocycles. The third-order valence-electron chi connectivity index (χ3n) is 4.81. The molecule has 0 atom stereocenters. The molecule has 1 aliphatic heterocycles. The minimum atomic E-state index is -4.29. The fourth-order valence-corrected chi connectivity index (χ4v) is 5.04. The molecule has 3 aromatic rings. The lowest BCUT2D eigenvalue weighted by Gasteiger charge is -2.26. The number of hydrogen-bond acceptors (Lipinski definition) is 6. The third kappa shape index (κ3) is 5.35. The zero-order valence-corrected chi connectivity index (χ0v) is 21.5. The summed E-state index contributed by atoms with van der Waals surface area (Å²) < 4.78 is 30.3. The predicted molar refractivity (Wildman–Crippen MR) is 136 cm³/mol. The molecule has 0 radical (unpaired) electrons. The Labute approximate surface area is 225 Å². The highest BCUT2D eigenvalue weighted by Gasteiger charge is 2.37. The van der Waals surface area contributed by atoms with Gasteiger partial charge in [0.15, 0.2) is 5.75 Å². The molecule has 36 heavy (non-hydrogen) atoms. The van der Waals surface area contributed by atoms with Crippen LogP contribution < -0.4 is 14.4 Å². The second kappa shape index (κ2) is 10.1. The van der Waals surface area contributed by atoms with E-state index in [0.717, 1.165) is 11.0 Å². The number of nitrogens with zero attached hydrogens (tertiary/aromatic N) is 1. The van der Waals surface area contributed by atoms with E-state index in [9.17, 15) is 22.8 Å². The number of barbiturate groups is 1. The zero-order valence-electron chi connectivity index (χ0n) is 17.7. The molecule has 4 amide bonds. The summed E-state index contributed by atoms with van der Waals surface area (Å²) in [7, 11) is -4.29. The third-order valence-corrected chi connectivity index (χ3v) is 7.11. The average Bonchev–Trinajstić information content (AvgIpc) is 2.80. The van der Waals surface area contributed by atoms with Crippen molar-refractivity contribution in [3.05, 3.63) is 91.9 Å². The monoisotopic (exact) mass is 584 g/mol. The first kappa shape index (κ1) is 26.0. The molecule has 1 N–H and O–H groups in total. The summed E-state index contributed by atoms with van der Waals surface area (Å²) in [5, 5.41) is 2.39. The van der Waals surface area contributed by atoms with Gasteiger partial charge in [-0.3, -0.25) is 14.9 Å². The fraction of sp³-hybridized carbons (Fsp3) is 0. The van der Waals surface area contributed by atoms with Crippen LogP contribution in [0.3, 0.4) is 0 Å². The van der Waals surface area contributed by atoms with Crippen LogP contribution in [0.25, 0.3) is 6.08 Å². The van der Waals surface area contributed by atoms with Gasteiger partial charge in [0, 0.05) is 10.0 Å². The number of hydrogen-bond donors (Lipinski definition) is 1. The average molecular weight is 586 g/mol. The Balaban J connectivity index is 1.66. The molecule has 0 saturated carbocycles. The maximum absolute atomic E-state index is 13.0. The van der Waals surface area contributed by atoms with Crippen molar-refractivity contribution in [3.63, 3.8) is 0 Å². The number of carbonyl (C=O) groups is 3. The topological polar surface area (TPSA) is 110 Å². The molecule has 0 unspecified atom stereocenters. The molecule has 0 aromatic heterocycles. The number of imide groups is 2. The molecular formula is C23H12Cl4N2O6S. The van der Waals surface area contributed by atoms with Crippen LogP contribution in [0.1, 0.15) is 5.56 Å². The summed E-state index contributed by atoms with van der Waals surface area (Å²) >= 11 is 24.1. The Morgan fingerprint density at radius 1 is 0.806 bits per heavy atom. The van der Waals surface area contributed by atoms with Gasteiger partial charge < -0.3 is 4.18 Å². The van der Waals surface area contributed by atoms with Gasteiger partial charge in [0.05, 0.1) is 15.7 Å². The van der Waals surface area contributed by atoms with Gasteiger partial charge in [0.2, 0.25) is 0 Å². The Morgan fingerprint density at radius 3 is 1.89 bits per heavy atom. The standard InChI is InChI=1S/C23H12Cl4N2O6S/c24-13-1-5-15(6-2-13)29-22(31)17(21(30)28-23(29)32)9-12-10-18(26)20(19(27)11-12)35-36(33,34)16-7-3-14(25)4-8-16/h1-11H,(H,28,30,32)/b17-9+. The number of benzene rings is 3. The Kier molecular flexibility index (Phi) is 7.31. The quantitative estimate of drug-likeness (QED) is 0.232. The summed E-state index contributed by atoms with van der Waals surface area (Å²) in [5.74, 6) is -2.19. The van der Waals surface area contributed by atoms with E-state index >= 15 is 0 Å². The Morgan fingerprint density at radius 2 is 1.33 bits per heavy atom. The lowest BCUT2D eigenvalue weighted by atomic mass is 10.1. The van der Waals surface area contributed by atoms with Crippen LogP contribution in [0, 0.1) is 0 Å². The Bertz CT molecular complexity index is 1510. The molecule has 3 aromatic carbocycles. The van der Waals surface area contributed by atoms with Crippen molar-refractivity contribution in [2.24, 2.45) is 0 Å². The number of amides is 4. The molecule has 0 aliphatic carbocycles. The van der Waals surface area contributed by atoms with Gasteiger partial charge in [0.25, 0.3) is 11.8 Å². The van der Waals surface area contributed by atoms with Gasteiger partial charge >= 0.3 is 16.1 Å². The van der Waals surface area contributed by atoms with Crippen molar-refractivity contribution in [2.75, 3.05) is 4.90 Å². The van der Waals surface area contributed by atoms with Crippen LogP contribution in [0.2, 0.25) is 20.1 Å². The zero-order chi connectivity index (χ0) is 26.2. The van der Waals surface area contributed by atoms with Crippen molar-refractivity contribution in [3.8, 4) is 5.75 Å². The van der Waals surface area contributed by atoms with Crippen LogP contribution in [0.5, 0.6) is 5.75 Å². The van der Waals surface area contributed by atoms with E-state index in [-0.39, 0.29) is 37.5 Å². The first-order chi connectivity index (χ1) is 17.0. The molecule has 1 aliphatic rings. The number of anilines is 1. The highest BCUT2D eigenvalue weighted by molar-refractivity contribution is 7.87. The van der Waals surface area contributed by atoms with Gasteiger partial charge in [-0.05, 0) is 72.3 Å².